The van der Waals surface area contributed by atoms with Crippen molar-refractivity contribution in [2.45, 2.75) is 40.2 Å². The summed E-state index contributed by atoms with van der Waals surface area (Å²) in [5, 5.41) is 6.70. The molecule has 0 amide bonds. The van der Waals surface area contributed by atoms with Gasteiger partial charge in [0, 0.05) is 26.7 Å². The Bertz CT molecular complexity index is 522. The minimum Gasteiger partial charge on any atom is -0.444 e. The fourth-order valence-corrected chi connectivity index (χ4v) is 2.99. The lowest BCUT2D eigenvalue weighted by molar-refractivity contribution is 0.152. The van der Waals surface area contributed by atoms with Crippen LogP contribution in [-0.4, -0.2) is 62.3 Å². The van der Waals surface area contributed by atoms with Gasteiger partial charge in [-0.05, 0) is 52.6 Å². The molecule has 0 spiro atoms. The molecule has 150 valence electrons. The van der Waals surface area contributed by atoms with E-state index in [1.54, 1.807) is 7.05 Å². The van der Waals surface area contributed by atoms with E-state index in [-0.39, 0.29) is 24.0 Å². The molecule has 7 nitrogen and oxygen atoms in total. The number of hydrogen-bond acceptors (Lipinski definition) is 5. The zero-order valence-corrected chi connectivity index (χ0v) is 18.8. The van der Waals surface area contributed by atoms with Crippen molar-refractivity contribution < 1.29 is 9.15 Å². The van der Waals surface area contributed by atoms with Gasteiger partial charge in [0.1, 0.15) is 5.76 Å². The minimum absolute atomic E-state index is 0. The number of oxazole rings is 1. The fraction of sp³-hybridized carbons (Fsp3) is 0.778. The van der Waals surface area contributed by atoms with E-state index in [1.165, 1.54) is 12.8 Å². The summed E-state index contributed by atoms with van der Waals surface area (Å²) in [7, 11) is 1.80. The number of likely N-dealkylation sites (tertiary alicyclic amines) is 1. The molecule has 1 aromatic heterocycles. The average molecular weight is 479 g/mol. The monoisotopic (exact) mass is 479 g/mol. The SMILES string of the molecule is CCOCCNC(=NC)NCC1CCN(Cc2nc(C)c(C)o2)CC1.I. The lowest BCUT2D eigenvalue weighted by Gasteiger charge is -2.31. The number of aliphatic imine (C=N–C) groups is 1. The number of nitrogens with one attached hydrogen (secondary N) is 2. The topological polar surface area (TPSA) is 74.9 Å². The van der Waals surface area contributed by atoms with Gasteiger partial charge in [-0.2, -0.15) is 0 Å². The molecule has 2 N–H and O–H groups in total. The van der Waals surface area contributed by atoms with Gasteiger partial charge < -0.3 is 19.8 Å². The fourth-order valence-electron chi connectivity index (χ4n) is 2.99. The predicted molar refractivity (Wildman–Crippen MR) is 115 cm³/mol. The third kappa shape index (κ3) is 7.79. The standard InChI is InChI=1S/C18H33N5O2.HI/c1-5-24-11-8-20-18(19-4)21-12-16-6-9-23(10-7-16)13-17-22-14(2)15(3)25-17;/h16H,5-13H2,1-4H3,(H2,19,20,21);1H. The van der Waals surface area contributed by atoms with Crippen molar-refractivity contribution in [3.8, 4) is 0 Å². The second-order valence-electron chi connectivity index (χ2n) is 6.55. The van der Waals surface area contributed by atoms with E-state index in [0.717, 1.165) is 62.6 Å². The second kappa shape index (κ2) is 12.5. The van der Waals surface area contributed by atoms with Gasteiger partial charge in [-0.1, -0.05) is 0 Å². The highest BCUT2D eigenvalue weighted by atomic mass is 127. The maximum Gasteiger partial charge on any atom is 0.208 e. The summed E-state index contributed by atoms with van der Waals surface area (Å²) in [5.74, 6) is 3.30. The van der Waals surface area contributed by atoms with Gasteiger partial charge in [0.2, 0.25) is 5.89 Å². The maximum atomic E-state index is 5.69. The van der Waals surface area contributed by atoms with E-state index in [9.17, 15) is 0 Å². The third-order valence-electron chi connectivity index (χ3n) is 4.66. The highest BCUT2D eigenvalue weighted by Crippen LogP contribution is 2.19. The lowest BCUT2D eigenvalue weighted by Crippen LogP contribution is -2.43. The van der Waals surface area contributed by atoms with Crippen molar-refractivity contribution in [2.75, 3.05) is 46.4 Å². The minimum atomic E-state index is 0. The van der Waals surface area contributed by atoms with E-state index < -0.39 is 0 Å². The normalized spacial score (nSPS) is 16.4. The van der Waals surface area contributed by atoms with Crippen LogP contribution in [0.3, 0.4) is 0 Å². The average Bonchev–Trinajstić information content (AvgIpc) is 2.93. The summed E-state index contributed by atoms with van der Waals surface area (Å²) < 4.78 is 11.0. The lowest BCUT2D eigenvalue weighted by atomic mass is 9.97. The molecule has 0 saturated carbocycles. The Balaban J connectivity index is 0.00000338. The van der Waals surface area contributed by atoms with Gasteiger partial charge in [0.15, 0.2) is 5.96 Å². The van der Waals surface area contributed by atoms with Crippen LogP contribution in [-0.2, 0) is 11.3 Å². The molecule has 0 unspecified atom stereocenters. The number of piperidine rings is 1. The second-order valence-corrected chi connectivity index (χ2v) is 6.55. The Hall–Kier alpha value is -0.870. The molecule has 1 fully saturated rings. The Morgan fingerprint density at radius 3 is 2.62 bits per heavy atom. The first-order valence-electron chi connectivity index (χ1n) is 9.29. The number of aryl methyl sites for hydroxylation is 2. The first-order valence-corrected chi connectivity index (χ1v) is 9.29. The van der Waals surface area contributed by atoms with Gasteiger partial charge in [-0.15, -0.1) is 24.0 Å². The van der Waals surface area contributed by atoms with Crippen LogP contribution in [0.2, 0.25) is 0 Å². The van der Waals surface area contributed by atoms with Crippen molar-refractivity contribution in [3.05, 3.63) is 17.3 Å². The van der Waals surface area contributed by atoms with Crippen LogP contribution in [0.15, 0.2) is 9.41 Å². The number of hydrogen-bond donors (Lipinski definition) is 2. The molecular weight excluding hydrogens is 445 g/mol. The number of ether oxygens (including phenoxy) is 1. The van der Waals surface area contributed by atoms with E-state index in [0.29, 0.717) is 12.5 Å². The van der Waals surface area contributed by atoms with E-state index in [2.05, 4.69) is 25.5 Å². The Labute approximate surface area is 174 Å². The third-order valence-corrected chi connectivity index (χ3v) is 4.66. The van der Waals surface area contributed by atoms with Crippen molar-refractivity contribution in [2.24, 2.45) is 10.9 Å². The van der Waals surface area contributed by atoms with Gasteiger partial charge >= 0.3 is 0 Å². The molecule has 0 bridgehead atoms. The van der Waals surface area contributed by atoms with E-state index in [1.807, 2.05) is 20.8 Å². The van der Waals surface area contributed by atoms with Crippen LogP contribution in [0.25, 0.3) is 0 Å². The summed E-state index contributed by atoms with van der Waals surface area (Å²) in [6, 6.07) is 0. The molecule has 1 saturated heterocycles. The summed E-state index contributed by atoms with van der Waals surface area (Å²) in [6.45, 7) is 12.1. The summed E-state index contributed by atoms with van der Waals surface area (Å²) in [4.78, 5) is 11.2. The van der Waals surface area contributed by atoms with Crippen molar-refractivity contribution in [1.29, 1.82) is 0 Å². The van der Waals surface area contributed by atoms with Gasteiger partial charge in [0.05, 0.1) is 18.8 Å². The molecule has 26 heavy (non-hydrogen) atoms. The van der Waals surface area contributed by atoms with Crippen LogP contribution in [0.4, 0.5) is 0 Å². The molecule has 1 aromatic rings. The van der Waals surface area contributed by atoms with Gasteiger partial charge in [-0.3, -0.25) is 9.89 Å². The van der Waals surface area contributed by atoms with E-state index >= 15 is 0 Å². The first-order chi connectivity index (χ1) is 12.1. The molecule has 0 aliphatic carbocycles. The Morgan fingerprint density at radius 1 is 1.31 bits per heavy atom. The summed E-state index contributed by atoms with van der Waals surface area (Å²) >= 11 is 0. The zero-order valence-electron chi connectivity index (χ0n) is 16.5. The molecule has 2 heterocycles. The van der Waals surface area contributed by atoms with Crippen LogP contribution in [0.1, 0.15) is 37.1 Å². The number of guanidine groups is 1. The Morgan fingerprint density at radius 2 is 2.04 bits per heavy atom. The summed E-state index contributed by atoms with van der Waals surface area (Å²) in [5.41, 5.74) is 0.998. The molecule has 1 aliphatic rings. The van der Waals surface area contributed by atoms with Gasteiger partial charge in [0.25, 0.3) is 0 Å². The number of nitrogens with zero attached hydrogens (tertiary/aromatic N) is 3. The molecule has 0 radical (unpaired) electrons. The largest absolute Gasteiger partial charge is 0.444 e. The van der Waals surface area contributed by atoms with Crippen LogP contribution >= 0.6 is 24.0 Å². The van der Waals surface area contributed by atoms with Crippen molar-refractivity contribution >= 4 is 29.9 Å². The van der Waals surface area contributed by atoms with Crippen molar-refractivity contribution in [1.82, 2.24) is 20.5 Å². The molecule has 2 rings (SSSR count). The van der Waals surface area contributed by atoms with Crippen LogP contribution in [0.5, 0.6) is 0 Å². The smallest absolute Gasteiger partial charge is 0.208 e. The summed E-state index contributed by atoms with van der Waals surface area (Å²) in [6.07, 6.45) is 2.36. The molecule has 1 aliphatic heterocycles. The highest BCUT2D eigenvalue weighted by Gasteiger charge is 2.21. The first kappa shape index (κ1) is 23.2. The predicted octanol–water partition coefficient (Wildman–Crippen LogP) is 2.32. The Kier molecular flexibility index (Phi) is 11.1. The number of rotatable bonds is 8. The number of aromatic nitrogens is 1. The molecule has 0 aromatic carbocycles. The van der Waals surface area contributed by atoms with Crippen molar-refractivity contribution in [3.63, 3.8) is 0 Å². The van der Waals surface area contributed by atoms with Gasteiger partial charge in [-0.25, -0.2) is 4.98 Å². The molecule has 0 atom stereocenters. The van der Waals surface area contributed by atoms with Crippen LogP contribution in [0, 0.1) is 19.8 Å². The molecule has 8 heteroatoms. The van der Waals surface area contributed by atoms with E-state index in [4.69, 9.17) is 9.15 Å². The zero-order chi connectivity index (χ0) is 18.1. The maximum absolute atomic E-state index is 5.69. The molecular formula is C18H34IN5O2. The number of halogens is 1. The highest BCUT2D eigenvalue weighted by molar-refractivity contribution is 14.0. The quantitative estimate of drug-likeness (QED) is 0.258. The van der Waals surface area contributed by atoms with Crippen LogP contribution < -0.4 is 10.6 Å².